The fourth-order valence-electron chi connectivity index (χ4n) is 3.50. The van der Waals surface area contributed by atoms with Crippen molar-refractivity contribution in [3.05, 3.63) is 53.6 Å². The predicted octanol–water partition coefficient (Wildman–Crippen LogP) is 3.20. The highest BCUT2D eigenvalue weighted by molar-refractivity contribution is 6.30. The van der Waals surface area contributed by atoms with Crippen molar-refractivity contribution < 1.29 is 30.0 Å². The van der Waals surface area contributed by atoms with Crippen LogP contribution in [0.2, 0.25) is 5.02 Å². The van der Waals surface area contributed by atoms with Crippen LogP contribution in [0.4, 0.5) is 0 Å². The van der Waals surface area contributed by atoms with Crippen molar-refractivity contribution in [2.45, 2.75) is 50.4 Å². The van der Waals surface area contributed by atoms with Gasteiger partial charge in [-0.05, 0) is 43.4 Å². The first-order valence-corrected chi connectivity index (χ1v) is 10.2. The first-order valence-electron chi connectivity index (χ1n) is 9.84. The van der Waals surface area contributed by atoms with E-state index in [1.165, 1.54) is 0 Å². The molecule has 7 heteroatoms. The van der Waals surface area contributed by atoms with Gasteiger partial charge in [-0.15, -0.1) is 0 Å². The summed E-state index contributed by atoms with van der Waals surface area (Å²) in [5.74, 6) is -0.671. The number of rotatable bonds is 11. The molecular formula is C22H29ClO6. The molecule has 0 spiro atoms. The van der Waals surface area contributed by atoms with E-state index in [1.54, 1.807) is 36.4 Å². The normalized spacial score (nSPS) is 25.7. The van der Waals surface area contributed by atoms with E-state index in [-0.39, 0.29) is 24.9 Å². The Morgan fingerprint density at radius 2 is 2.07 bits per heavy atom. The van der Waals surface area contributed by atoms with Crippen LogP contribution in [-0.4, -0.2) is 51.3 Å². The number of aliphatic hydroxyl groups is 3. The van der Waals surface area contributed by atoms with Crippen LogP contribution in [0.1, 0.15) is 32.1 Å². The van der Waals surface area contributed by atoms with Gasteiger partial charge in [0, 0.05) is 23.8 Å². The molecule has 0 heterocycles. The molecule has 1 aromatic rings. The average Bonchev–Trinajstić information content (AvgIpc) is 2.93. The van der Waals surface area contributed by atoms with Crippen LogP contribution in [0, 0.1) is 11.8 Å². The molecule has 2 rings (SSSR count). The third kappa shape index (κ3) is 8.19. The maximum atomic E-state index is 10.5. The smallest absolute Gasteiger partial charge is 0.303 e. The fourth-order valence-corrected chi connectivity index (χ4v) is 3.68. The zero-order chi connectivity index (χ0) is 21.2. The second-order valence-electron chi connectivity index (χ2n) is 7.33. The van der Waals surface area contributed by atoms with Crippen LogP contribution < -0.4 is 4.74 Å². The van der Waals surface area contributed by atoms with Crippen LogP contribution in [0.5, 0.6) is 5.75 Å². The van der Waals surface area contributed by atoms with Crippen molar-refractivity contribution in [3.63, 3.8) is 0 Å². The van der Waals surface area contributed by atoms with Crippen LogP contribution in [-0.2, 0) is 4.79 Å². The highest BCUT2D eigenvalue weighted by Gasteiger charge is 2.39. The van der Waals surface area contributed by atoms with E-state index in [1.807, 2.05) is 12.2 Å². The van der Waals surface area contributed by atoms with Gasteiger partial charge in [0.1, 0.15) is 18.5 Å². The number of ether oxygens (including phenoxy) is 1. The van der Waals surface area contributed by atoms with Gasteiger partial charge in [0.15, 0.2) is 0 Å². The summed E-state index contributed by atoms with van der Waals surface area (Å²) in [6.45, 7) is 0.0519. The number of aliphatic carboxylic acids is 1. The van der Waals surface area contributed by atoms with Crippen LogP contribution in [0.3, 0.4) is 0 Å². The minimum atomic E-state index is -0.855. The number of halogens is 1. The highest BCUT2D eigenvalue weighted by Crippen LogP contribution is 2.36. The number of aliphatic hydroxyl groups excluding tert-OH is 3. The van der Waals surface area contributed by atoms with Gasteiger partial charge in [-0.2, -0.15) is 0 Å². The molecule has 6 nitrogen and oxygen atoms in total. The number of hydrogen-bond acceptors (Lipinski definition) is 5. The van der Waals surface area contributed by atoms with Gasteiger partial charge in [-0.3, -0.25) is 4.79 Å². The van der Waals surface area contributed by atoms with Gasteiger partial charge in [0.25, 0.3) is 0 Å². The molecule has 0 aromatic heterocycles. The molecule has 1 aliphatic rings. The molecular weight excluding hydrogens is 396 g/mol. The van der Waals surface area contributed by atoms with E-state index in [4.69, 9.17) is 21.4 Å². The Labute approximate surface area is 176 Å². The number of carboxylic acids is 1. The number of unbranched alkanes of at least 4 members (excludes halogenated alkanes) is 1. The van der Waals surface area contributed by atoms with Crippen molar-refractivity contribution in [1.29, 1.82) is 0 Å². The monoisotopic (exact) mass is 424 g/mol. The van der Waals surface area contributed by atoms with Crippen molar-refractivity contribution in [1.82, 2.24) is 0 Å². The highest BCUT2D eigenvalue weighted by atomic mass is 35.5. The average molecular weight is 425 g/mol. The summed E-state index contributed by atoms with van der Waals surface area (Å²) in [6, 6.07) is 6.90. The Morgan fingerprint density at radius 1 is 1.28 bits per heavy atom. The maximum Gasteiger partial charge on any atom is 0.303 e. The first-order chi connectivity index (χ1) is 13.9. The van der Waals surface area contributed by atoms with E-state index in [0.29, 0.717) is 36.5 Å². The van der Waals surface area contributed by atoms with E-state index in [2.05, 4.69) is 0 Å². The van der Waals surface area contributed by atoms with E-state index in [0.717, 1.165) is 0 Å². The molecule has 160 valence electrons. The van der Waals surface area contributed by atoms with Gasteiger partial charge < -0.3 is 25.2 Å². The first kappa shape index (κ1) is 23.4. The lowest BCUT2D eigenvalue weighted by atomic mass is 9.89. The van der Waals surface area contributed by atoms with Crippen LogP contribution in [0.25, 0.3) is 0 Å². The van der Waals surface area contributed by atoms with Crippen LogP contribution in [0.15, 0.2) is 48.6 Å². The second-order valence-corrected chi connectivity index (χ2v) is 7.76. The molecule has 1 aromatic carbocycles. The molecule has 0 aliphatic heterocycles. The Morgan fingerprint density at radius 3 is 2.79 bits per heavy atom. The van der Waals surface area contributed by atoms with Crippen molar-refractivity contribution >= 4 is 17.6 Å². The van der Waals surface area contributed by atoms with Crippen molar-refractivity contribution in [2.24, 2.45) is 11.8 Å². The largest absolute Gasteiger partial charge is 0.491 e. The molecule has 1 fully saturated rings. The van der Waals surface area contributed by atoms with Gasteiger partial charge in [0.05, 0.1) is 12.2 Å². The second kappa shape index (κ2) is 12.0. The number of allylic oxidation sites excluding steroid dienone is 2. The Hall–Kier alpha value is -1.86. The van der Waals surface area contributed by atoms with E-state index < -0.39 is 24.3 Å². The lowest BCUT2D eigenvalue weighted by Crippen LogP contribution is -2.21. The molecule has 4 N–H and O–H groups in total. The zero-order valence-corrected chi connectivity index (χ0v) is 17.0. The summed E-state index contributed by atoms with van der Waals surface area (Å²) in [4.78, 5) is 10.5. The van der Waals surface area contributed by atoms with Crippen LogP contribution >= 0.6 is 11.6 Å². The molecule has 0 radical (unpaired) electrons. The lowest BCUT2D eigenvalue weighted by Gasteiger charge is -2.19. The summed E-state index contributed by atoms with van der Waals surface area (Å²) in [5.41, 5.74) is 0. The minimum absolute atomic E-state index is 0.0519. The number of benzene rings is 1. The summed E-state index contributed by atoms with van der Waals surface area (Å²) in [6.07, 6.45) is 7.26. The molecule has 0 amide bonds. The quantitative estimate of drug-likeness (QED) is 0.321. The minimum Gasteiger partial charge on any atom is -0.491 e. The number of hydrogen-bond donors (Lipinski definition) is 4. The third-order valence-corrected chi connectivity index (χ3v) is 5.26. The van der Waals surface area contributed by atoms with Gasteiger partial charge >= 0.3 is 5.97 Å². The Bertz CT molecular complexity index is 704. The zero-order valence-electron chi connectivity index (χ0n) is 16.2. The standard InChI is InChI=1S/C22H29ClO6/c23-15-6-5-7-17(12-15)29-14-16(24)10-11-19-18(20(25)13-21(19)26)8-3-1-2-4-9-22(27)28/h1,3,5-7,10-12,16,18-21,24-26H,2,4,8-9,13-14H2,(H,27,28)/b3-1-,11-10+/t16-,18-,19-,20+,21+/m1/s1. The predicted molar refractivity (Wildman–Crippen MR) is 111 cm³/mol. The fraction of sp³-hybridized carbons (Fsp3) is 0.500. The molecule has 5 atom stereocenters. The summed E-state index contributed by atoms with van der Waals surface area (Å²) >= 11 is 5.90. The summed E-state index contributed by atoms with van der Waals surface area (Å²) in [7, 11) is 0. The van der Waals surface area contributed by atoms with Gasteiger partial charge in [-0.25, -0.2) is 0 Å². The third-order valence-electron chi connectivity index (χ3n) is 5.02. The van der Waals surface area contributed by atoms with E-state index in [9.17, 15) is 20.1 Å². The Balaban J connectivity index is 1.83. The van der Waals surface area contributed by atoms with Crippen molar-refractivity contribution in [2.75, 3.05) is 6.61 Å². The lowest BCUT2D eigenvalue weighted by molar-refractivity contribution is -0.137. The number of carboxylic acid groups (broad SMARTS) is 1. The molecule has 1 saturated carbocycles. The van der Waals surface area contributed by atoms with E-state index >= 15 is 0 Å². The SMILES string of the molecule is O=C(O)CCC/C=C\C[C@@H]1[C@@H](/C=C/[C@@H](O)COc2cccc(Cl)c2)[C@@H](O)C[C@@H]1O. The molecule has 1 aliphatic carbocycles. The molecule has 0 unspecified atom stereocenters. The maximum absolute atomic E-state index is 10.5. The summed E-state index contributed by atoms with van der Waals surface area (Å²) < 4.78 is 5.51. The topological polar surface area (TPSA) is 107 Å². The van der Waals surface area contributed by atoms with Gasteiger partial charge in [0.2, 0.25) is 0 Å². The number of carbonyl (C=O) groups is 1. The molecule has 29 heavy (non-hydrogen) atoms. The van der Waals surface area contributed by atoms with Gasteiger partial charge in [-0.1, -0.05) is 42.0 Å². The Kier molecular flexibility index (Phi) is 9.67. The molecule has 0 saturated heterocycles. The molecule has 0 bridgehead atoms. The van der Waals surface area contributed by atoms with Crippen molar-refractivity contribution in [3.8, 4) is 5.75 Å². The summed E-state index contributed by atoms with van der Waals surface area (Å²) in [5, 5.41) is 39.8.